The van der Waals surface area contributed by atoms with Crippen molar-refractivity contribution in [2.45, 2.75) is 57.5 Å². The van der Waals surface area contributed by atoms with E-state index in [1.807, 2.05) is 18.7 Å². The average Bonchev–Trinajstić information content (AvgIpc) is 2.90. The lowest BCUT2D eigenvalue weighted by Crippen LogP contribution is -2.37. The Bertz CT molecular complexity index is 939. The van der Waals surface area contributed by atoms with Crippen molar-refractivity contribution in [1.82, 2.24) is 5.32 Å². The molecule has 8 nitrogen and oxygen atoms in total. The molecule has 29 heavy (non-hydrogen) atoms. The molecule has 3 rings (SSSR count). The molecule has 2 aliphatic rings. The van der Waals surface area contributed by atoms with E-state index in [1.54, 1.807) is 6.07 Å². The number of sulfonamides is 1. The minimum Gasteiger partial charge on any atom is -0.449 e. The second kappa shape index (κ2) is 8.52. The summed E-state index contributed by atoms with van der Waals surface area (Å²) in [5.41, 5.74) is 0.612. The number of amides is 1. The zero-order valence-electron chi connectivity index (χ0n) is 17.0. The second-order valence-electron chi connectivity index (χ2n) is 7.81. The summed E-state index contributed by atoms with van der Waals surface area (Å²) in [7, 11) is -3.89. The number of hydrogen-bond acceptors (Lipinski definition) is 6. The van der Waals surface area contributed by atoms with Crippen LogP contribution in [0.1, 0.15) is 56.8 Å². The molecule has 0 unspecified atom stereocenters. The third-order valence-corrected chi connectivity index (χ3v) is 6.25. The number of benzene rings is 1. The highest BCUT2D eigenvalue weighted by Gasteiger charge is 2.32. The van der Waals surface area contributed by atoms with E-state index in [-0.39, 0.29) is 16.4 Å². The van der Waals surface area contributed by atoms with E-state index in [2.05, 4.69) is 9.71 Å². The third kappa shape index (κ3) is 4.77. The normalized spacial score (nSPS) is 18.8. The van der Waals surface area contributed by atoms with Gasteiger partial charge in [0.25, 0.3) is 15.9 Å². The molecular formula is C20H27N3O5S. The summed E-state index contributed by atoms with van der Waals surface area (Å²) in [4.78, 5) is 26.4. The van der Waals surface area contributed by atoms with Gasteiger partial charge in [-0.3, -0.25) is 4.79 Å². The van der Waals surface area contributed by atoms with Crippen LogP contribution in [0.3, 0.4) is 0 Å². The maximum Gasteiger partial charge on any atom is 0.338 e. The zero-order valence-corrected chi connectivity index (χ0v) is 17.8. The summed E-state index contributed by atoms with van der Waals surface area (Å²) < 4.78 is 34.5. The molecule has 1 aromatic rings. The number of esters is 1. The Labute approximate surface area is 171 Å². The van der Waals surface area contributed by atoms with Crippen molar-refractivity contribution in [3.63, 3.8) is 0 Å². The van der Waals surface area contributed by atoms with Crippen LogP contribution >= 0.6 is 0 Å². The number of carbonyl (C=O) groups excluding carboxylic acids is 2. The topological polar surface area (TPSA) is 105 Å². The first kappa shape index (κ1) is 21.3. The van der Waals surface area contributed by atoms with E-state index in [0.29, 0.717) is 31.0 Å². The summed E-state index contributed by atoms with van der Waals surface area (Å²) in [5.74, 6) is -0.310. The van der Waals surface area contributed by atoms with E-state index < -0.39 is 28.0 Å². The summed E-state index contributed by atoms with van der Waals surface area (Å²) in [6, 6.07) is 4.44. The Morgan fingerprint density at radius 2 is 1.97 bits per heavy atom. The zero-order chi connectivity index (χ0) is 21.2. The van der Waals surface area contributed by atoms with Crippen molar-refractivity contribution < 1.29 is 22.7 Å². The van der Waals surface area contributed by atoms with Gasteiger partial charge in [-0.1, -0.05) is 20.3 Å². The average molecular weight is 422 g/mol. The number of hydrogen-bond donors (Lipinski definition) is 1. The first-order valence-corrected chi connectivity index (χ1v) is 11.4. The van der Waals surface area contributed by atoms with Gasteiger partial charge in [0, 0.05) is 19.5 Å². The predicted octanol–water partition coefficient (Wildman–Crippen LogP) is 2.49. The highest BCUT2D eigenvalue weighted by Crippen LogP contribution is 2.35. The van der Waals surface area contributed by atoms with Crippen molar-refractivity contribution in [3.8, 4) is 0 Å². The van der Waals surface area contributed by atoms with Crippen molar-refractivity contribution in [2.24, 2.45) is 10.3 Å². The highest BCUT2D eigenvalue weighted by atomic mass is 32.2. The standard InChI is InChI=1S/C20H27N3O5S/c1-13(2)12-21-19(24)14(3)28-20(25)15-8-9-16-17(11-15)29(26,27)22-18-7-5-4-6-10-23(16)18/h8-9,11,13-14H,4-7,10,12H2,1-3H3,(H,21,24)/t14-/m1/s1. The number of nitrogens with zero attached hydrogens (tertiary/aromatic N) is 2. The molecule has 2 heterocycles. The smallest absolute Gasteiger partial charge is 0.338 e. The predicted molar refractivity (Wildman–Crippen MR) is 110 cm³/mol. The second-order valence-corrected chi connectivity index (χ2v) is 9.39. The minimum atomic E-state index is -3.89. The number of ether oxygens (including phenoxy) is 1. The lowest BCUT2D eigenvalue weighted by molar-refractivity contribution is -0.129. The summed E-state index contributed by atoms with van der Waals surface area (Å²) in [6.07, 6.45) is 2.51. The van der Waals surface area contributed by atoms with Crippen molar-refractivity contribution in [2.75, 3.05) is 18.0 Å². The van der Waals surface area contributed by atoms with Crippen LogP contribution in [0.25, 0.3) is 0 Å². The van der Waals surface area contributed by atoms with Crippen LogP contribution in [0.15, 0.2) is 27.5 Å². The fourth-order valence-corrected chi connectivity index (χ4v) is 4.62. The van der Waals surface area contributed by atoms with E-state index in [1.165, 1.54) is 19.1 Å². The van der Waals surface area contributed by atoms with Crippen molar-refractivity contribution >= 4 is 33.4 Å². The largest absolute Gasteiger partial charge is 0.449 e. The summed E-state index contributed by atoms with van der Waals surface area (Å²) in [6.45, 7) is 6.58. The van der Waals surface area contributed by atoms with Gasteiger partial charge in [-0.05, 0) is 43.9 Å². The molecule has 9 heteroatoms. The number of fused-ring (bicyclic) bond motifs is 3. The molecule has 0 radical (unpaired) electrons. The number of amidine groups is 1. The molecule has 0 aromatic heterocycles. The molecular weight excluding hydrogens is 394 g/mol. The maximum atomic E-state index is 12.7. The van der Waals surface area contributed by atoms with E-state index in [0.717, 1.165) is 19.3 Å². The molecule has 1 fully saturated rings. The lowest BCUT2D eigenvalue weighted by Gasteiger charge is -2.29. The molecule has 0 saturated carbocycles. The quantitative estimate of drug-likeness (QED) is 0.733. The van der Waals surface area contributed by atoms with Crippen LogP contribution in [0, 0.1) is 5.92 Å². The Balaban J connectivity index is 1.80. The van der Waals surface area contributed by atoms with Crippen LogP contribution in [-0.4, -0.2) is 45.3 Å². The van der Waals surface area contributed by atoms with Crippen LogP contribution < -0.4 is 10.2 Å². The third-order valence-electron chi connectivity index (χ3n) is 4.92. The minimum absolute atomic E-state index is 0.00508. The van der Waals surface area contributed by atoms with Gasteiger partial charge in [0.15, 0.2) is 6.10 Å². The monoisotopic (exact) mass is 421 g/mol. The van der Waals surface area contributed by atoms with Crippen molar-refractivity contribution in [1.29, 1.82) is 0 Å². The van der Waals surface area contributed by atoms with Crippen LogP contribution in [0.4, 0.5) is 5.69 Å². The van der Waals surface area contributed by atoms with Gasteiger partial charge < -0.3 is 15.0 Å². The number of nitrogens with one attached hydrogen (secondary N) is 1. The van der Waals surface area contributed by atoms with Gasteiger partial charge in [-0.2, -0.15) is 8.42 Å². The van der Waals surface area contributed by atoms with Crippen LogP contribution in [-0.2, 0) is 19.6 Å². The Kier molecular flexibility index (Phi) is 6.26. The molecule has 2 aliphatic heterocycles. The Hall–Kier alpha value is -2.42. The van der Waals surface area contributed by atoms with Gasteiger partial charge in [-0.15, -0.1) is 4.40 Å². The fourth-order valence-electron chi connectivity index (χ4n) is 3.34. The summed E-state index contributed by atoms with van der Waals surface area (Å²) >= 11 is 0. The van der Waals surface area contributed by atoms with Crippen LogP contribution in [0.2, 0.25) is 0 Å². The lowest BCUT2D eigenvalue weighted by atomic mass is 10.1. The van der Waals surface area contributed by atoms with Gasteiger partial charge in [0.2, 0.25) is 0 Å². The molecule has 1 aromatic carbocycles. The SMILES string of the molecule is CC(C)CNC(=O)[C@@H](C)OC(=O)c1ccc2c(c1)S(=O)(=O)N=C1CCCCCN12. The number of rotatable bonds is 5. The fraction of sp³-hybridized carbons (Fsp3) is 0.550. The molecule has 0 spiro atoms. The first-order chi connectivity index (χ1) is 13.7. The maximum absolute atomic E-state index is 12.7. The highest BCUT2D eigenvalue weighted by molar-refractivity contribution is 7.90. The van der Waals surface area contributed by atoms with Gasteiger partial charge in [0.1, 0.15) is 10.7 Å². The Morgan fingerprint density at radius 3 is 2.69 bits per heavy atom. The van der Waals surface area contributed by atoms with E-state index >= 15 is 0 Å². The molecule has 158 valence electrons. The van der Waals surface area contributed by atoms with E-state index in [9.17, 15) is 18.0 Å². The molecule has 0 aliphatic carbocycles. The molecule has 1 saturated heterocycles. The van der Waals surface area contributed by atoms with Crippen LogP contribution in [0.5, 0.6) is 0 Å². The van der Waals surface area contributed by atoms with Crippen molar-refractivity contribution in [3.05, 3.63) is 23.8 Å². The summed E-state index contributed by atoms with van der Waals surface area (Å²) in [5, 5.41) is 2.70. The van der Waals surface area contributed by atoms with Gasteiger partial charge in [0.05, 0.1) is 11.3 Å². The molecule has 1 atom stereocenters. The number of carbonyl (C=O) groups is 2. The van der Waals surface area contributed by atoms with Gasteiger partial charge in [-0.25, -0.2) is 4.79 Å². The molecule has 1 N–H and O–H groups in total. The van der Waals surface area contributed by atoms with Gasteiger partial charge >= 0.3 is 5.97 Å². The Morgan fingerprint density at radius 1 is 1.21 bits per heavy atom. The molecule has 1 amide bonds. The number of anilines is 1. The first-order valence-electron chi connectivity index (χ1n) is 9.93. The van der Waals surface area contributed by atoms with E-state index in [4.69, 9.17) is 4.74 Å². The molecule has 0 bridgehead atoms.